The van der Waals surface area contributed by atoms with Gasteiger partial charge in [-0.15, -0.1) is 11.3 Å². The fraction of sp³-hybridized carbons (Fsp3) is 0.333. The molecular weight excluding hydrogens is 294 g/mol. The van der Waals surface area contributed by atoms with Crippen molar-refractivity contribution in [3.63, 3.8) is 0 Å². The lowest BCUT2D eigenvalue weighted by Gasteiger charge is -2.10. The van der Waals surface area contributed by atoms with E-state index >= 15 is 0 Å². The molecule has 0 amide bonds. The number of hydrogen-bond acceptors (Lipinski definition) is 4. The van der Waals surface area contributed by atoms with Crippen molar-refractivity contribution in [2.45, 2.75) is 13.0 Å². The number of benzene rings is 1. The van der Waals surface area contributed by atoms with Gasteiger partial charge in [-0.05, 0) is 36.2 Å². The Hall–Kier alpha value is -1.23. The van der Waals surface area contributed by atoms with Gasteiger partial charge in [0.1, 0.15) is 0 Å². The molecule has 2 aromatic rings. The van der Waals surface area contributed by atoms with Gasteiger partial charge in [0.15, 0.2) is 11.5 Å². The molecule has 1 aromatic heterocycles. The van der Waals surface area contributed by atoms with Crippen molar-refractivity contribution in [1.82, 2.24) is 5.32 Å². The van der Waals surface area contributed by atoms with Crippen molar-refractivity contribution in [2.24, 2.45) is 0 Å². The predicted molar refractivity (Wildman–Crippen MR) is 84.3 cm³/mol. The Labute approximate surface area is 128 Å². The van der Waals surface area contributed by atoms with E-state index in [1.165, 1.54) is 10.4 Å². The Morgan fingerprint density at radius 3 is 2.55 bits per heavy atom. The van der Waals surface area contributed by atoms with Crippen LogP contribution in [0.2, 0.25) is 4.34 Å². The minimum absolute atomic E-state index is 0.754. The number of ether oxygens (including phenoxy) is 2. The second kappa shape index (κ2) is 7.53. The van der Waals surface area contributed by atoms with E-state index in [0.717, 1.165) is 35.3 Å². The lowest BCUT2D eigenvalue weighted by molar-refractivity contribution is 0.354. The lowest BCUT2D eigenvalue weighted by Crippen LogP contribution is -2.16. The summed E-state index contributed by atoms with van der Waals surface area (Å²) in [5.41, 5.74) is 1.17. The van der Waals surface area contributed by atoms with Crippen molar-refractivity contribution in [1.29, 1.82) is 0 Å². The minimum atomic E-state index is 0.754. The highest BCUT2D eigenvalue weighted by atomic mass is 35.5. The minimum Gasteiger partial charge on any atom is -0.493 e. The first-order valence-corrected chi connectivity index (χ1v) is 7.58. The number of halogens is 1. The van der Waals surface area contributed by atoms with Crippen LogP contribution in [0.1, 0.15) is 10.4 Å². The summed E-state index contributed by atoms with van der Waals surface area (Å²) in [4.78, 5) is 1.30. The summed E-state index contributed by atoms with van der Waals surface area (Å²) in [5, 5.41) is 3.42. The van der Waals surface area contributed by atoms with Crippen molar-refractivity contribution >= 4 is 22.9 Å². The standard InChI is InChI=1S/C15H18ClNO2S/c1-18-13-5-3-11(9-14(13)19-2)10-17-8-7-12-4-6-15(16)20-12/h3-6,9,17H,7-8,10H2,1-2H3. The molecule has 0 saturated heterocycles. The smallest absolute Gasteiger partial charge is 0.161 e. The topological polar surface area (TPSA) is 30.5 Å². The Morgan fingerprint density at radius 1 is 1.10 bits per heavy atom. The van der Waals surface area contributed by atoms with Crippen LogP contribution in [0, 0.1) is 0 Å². The predicted octanol–water partition coefficient (Wildman–Crippen LogP) is 3.75. The Balaban J connectivity index is 1.82. The number of nitrogens with one attached hydrogen (secondary N) is 1. The molecule has 1 N–H and O–H groups in total. The van der Waals surface area contributed by atoms with Crippen molar-refractivity contribution in [3.8, 4) is 11.5 Å². The molecule has 0 aliphatic heterocycles. The first-order valence-electron chi connectivity index (χ1n) is 6.38. The second-order valence-corrected chi connectivity index (χ2v) is 6.12. The van der Waals surface area contributed by atoms with Crippen LogP contribution in [-0.2, 0) is 13.0 Å². The summed E-state index contributed by atoms with van der Waals surface area (Å²) in [5.74, 6) is 1.52. The highest BCUT2D eigenvalue weighted by Crippen LogP contribution is 2.27. The fourth-order valence-corrected chi connectivity index (χ4v) is 3.01. The van der Waals surface area contributed by atoms with E-state index < -0.39 is 0 Å². The third-order valence-electron chi connectivity index (χ3n) is 2.95. The Morgan fingerprint density at radius 2 is 1.90 bits per heavy atom. The van der Waals surface area contributed by atoms with Crippen LogP contribution in [0.5, 0.6) is 11.5 Å². The molecule has 1 aromatic carbocycles. The van der Waals surface area contributed by atoms with Gasteiger partial charge >= 0.3 is 0 Å². The average molecular weight is 312 g/mol. The maximum atomic E-state index is 5.90. The lowest BCUT2D eigenvalue weighted by atomic mass is 10.2. The van der Waals surface area contributed by atoms with Crippen molar-refractivity contribution < 1.29 is 9.47 Å². The summed E-state index contributed by atoms with van der Waals surface area (Å²) < 4.78 is 11.4. The summed E-state index contributed by atoms with van der Waals surface area (Å²) >= 11 is 7.54. The van der Waals surface area contributed by atoms with Gasteiger partial charge in [-0.1, -0.05) is 17.7 Å². The zero-order valence-corrected chi connectivity index (χ0v) is 13.2. The number of methoxy groups -OCH3 is 2. The van der Waals surface area contributed by atoms with Crippen LogP contribution in [-0.4, -0.2) is 20.8 Å². The normalized spacial score (nSPS) is 10.6. The summed E-state index contributed by atoms with van der Waals surface area (Å²) in [6.07, 6.45) is 0.991. The van der Waals surface area contributed by atoms with Gasteiger partial charge in [0.25, 0.3) is 0 Å². The van der Waals surface area contributed by atoms with Gasteiger partial charge in [0, 0.05) is 18.0 Å². The van der Waals surface area contributed by atoms with Gasteiger partial charge in [-0.25, -0.2) is 0 Å². The molecule has 0 bridgehead atoms. The van der Waals surface area contributed by atoms with E-state index in [0.29, 0.717) is 0 Å². The molecule has 108 valence electrons. The molecule has 0 atom stereocenters. The molecule has 0 radical (unpaired) electrons. The molecule has 5 heteroatoms. The van der Waals surface area contributed by atoms with Gasteiger partial charge < -0.3 is 14.8 Å². The van der Waals surface area contributed by atoms with Gasteiger partial charge in [-0.3, -0.25) is 0 Å². The Kier molecular flexibility index (Phi) is 5.71. The van der Waals surface area contributed by atoms with E-state index in [9.17, 15) is 0 Å². The maximum Gasteiger partial charge on any atom is 0.161 e. The average Bonchev–Trinajstić information content (AvgIpc) is 2.89. The van der Waals surface area contributed by atoms with Gasteiger partial charge in [-0.2, -0.15) is 0 Å². The molecule has 0 unspecified atom stereocenters. The zero-order chi connectivity index (χ0) is 14.4. The summed E-state index contributed by atoms with van der Waals surface area (Å²) in [6.45, 7) is 1.73. The van der Waals surface area contributed by atoms with E-state index in [2.05, 4.69) is 11.4 Å². The molecule has 0 spiro atoms. The molecule has 3 nitrogen and oxygen atoms in total. The molecule has 2 rings (SSSR count). The second-order valence-electron chi connectivity index (χ2n) is 4.32. The number of thiophene rings is 1. The number of hydrogen-bond donors (Lipinski definition) is 1. The van der Waals surface area contributed by atoms with Crippen molar-refractivity contribution in [2.75, 3.05) is 20.8 Å². The maximum absolute atomic E-state index is 5.90. The largest absolute Gasteiger partial charge is 0.493 e. The molecule has 0 fully saturated rings. The SMILES string of the molecule is COc1ccc(CNCCc2ccc(Cl)s2)cc1OC. The van der Waals surface area contributed by atoms with Crippen LogP contribution >= 0.6 is 22.9 Å². The summed E-state index contributed by atoms with van der Waals surface area (Å²) in [7, 11) is 3.29. The van der Waals surface area contributed by atoms with Crippen LogP contribution in [0.4, 0.5) is 0 Å². The zero-order valence-electron chi connectivity index (χ0n) is 11.6. The molecule has 0 aliphatic rings. The molecular formula is C15H18ClNO2S. The molecule has 1 heterocycles. The first kappa shape index (κ1) is 15.2. The molecule has 0 saturated carbocycles. The third kappa shape index (κ3) is 4.13. The quantitative estimate of drug-likeness (QED) is 0.790. The van der Waals surface area contributed by atoms with Gasteiger partial charge in [0.2, 0.25) is 0 Å². The van der Waals surface area contributed by atoms with Crippen LogP contribution < -0.4 is 14.8 Å². The highest BCUT2D eigenvalue weighted by molar-refractivity contribution is 7.16. The van der Waals surface area contributed by atoms with Crippen molar-refractivity contribution in [3.05, 3.63) is 45.1 Å². The summed E-state index contributed by atoms with van der Waals surface area (Å²) in [6, 6.07) is 9.97. The van der Waals surface area contributed by atoms with E-state index in [1.807, 2.05) is 24.3 Å². The number of rotatable bonds is 7. The first-order chi connectivity index (χ1) is 9.72. The molecule has 0 aliphatic carbocycles. The monoisotopic (exact) mass is 311 g/mol. The Bertz CT molecular complexity index is 557. The highest BCUT2D eigenvalue weighted by Gasteiger charge is 2.04. The van der Waals surface area contributed by atoms with E-state index in [-0.39, 0.29) is 0 Å². The van der Waals surface area contributed by atoms with E-state index in [4.69, 9.17) is 21.1 Å². The third-order valence-corrected chi connectivity index (χ3v) is 4.25. The van der Waals surface area contributed by atoms with Crippen LogP contribution in [0.3, 0.4) is 0 Å². The van der Waals surface area contributed by atoms with Crippen LogP contribution in [0.15, 0.2) is 30.3 Å². The molecule has 20 heavy (non-hydrogen) atoms. The van der Waals surface area contributed by atoms with Gasteiger partial charge in [0.05, 0.1) is 18.6 Å². The van der Waals surface area contributed by atoms with Crippen LogP contribution in [0.25, 0.3) is 0 Å². The van der Waals surface area contributed by atoms with E-state index in [1.54, 1.807) is 25.6 Å². The fourth-order valence-electron chi connectivity index (χ4n) is 1.92.